The van der Waals surface area contributed by atoms with Gasteiger partial charge in [0.05, 0.1) is 11.3 Å². The fourth-order valence-electron chi connectivity index (χ4n) is 2.53. The number of hydrogen-bond donors (Lipinski definition) is 1. The van der Waals surface area contributed by atoms with Gasteiger partial charge in [-0.3, -0.25) is 4.79 Å². The quantitative estimate of drug-likeness (QED) is 0.849. The summed E-state index contributed by atoms with van der Waals surface area (Å²) < 4.78 is 0.884. The molecule has 1 amide bonds. The molecule has 0 bridgehead atoms. The molecule has 1 atom stereocenters. The Bertz CT molecular complexity index is 715. The maximum Gasteiger partial charge on any atom is 0.235 e. The van der Waals surface area contributed by atoms with Crippen molar-refractivity contribution in [2.24, 2.45) is 5.92 Å². The minimum atomic E-state index is -0.0802. The number of nitrogens with one attached hydrogen (secondary N) is 1. The van der Waals surface area contributed by atoms with Crippen LogP contribution < -0.4 is 5.32 Å². The van der Waals surface area contributed by atoms with E-state index in [1.807, 2.05) is 5.38 Å². The average Bonchev–Trinajstić information content (AvgIpc) is 3.11. The van der Waals surface area contributed by atoms with Crippen LogP contribution in [0.15, 0.2) is 15.9 Å². The van der Waals surface area contributed by atoms with Crippen LogP contribution in [0.5, 0.6) is 0 Å². The second-order valence-electron chi connectivity index (χ2n) is 5.30. The van der Waals surface area contributed by atoms with E-state index in [1.165, 1.54) is 28.0 Å². The topological polar surface area (TPSA) is 65.8 Å². The van der Waals surface area contributed by atoms with Gasteiger partial charge >= 0.3 is 0 Å². The number of carbonyl (C=O) groups is 1. The second-order valence-corrected chi connectivity index (χ2v) is 8.52. The van der Waals surface area contributed by atoms with Crippen molar-refractivity contribution in [2.45, 2.75) is 30.5 Å². The third kappa shape index (κ3) is 3.35. The highest BCUT2D eigenvalue weighted by atomic mass is 32.2. The number of nitrogens with zero attached hydrogens (tertiary/aromatic N) is 2. The van der Waals surface area contributed by atoms with E-state index >= 15 is 0 Å². The Morgan fingerprint density at radius 2 is 2.50 bits per heavy atom. The van der Waals surface area contributed by atoms with E-state index in [2.05, 4.69) is 23.3 Å². The molecule has 0 radical (unpaired) electrons. The van der Waals surface area contributed by atoms with E-state index in [0.29, 0.717) is 22.2 Å². The Balaban J connectivity index is 1.69. The summed E-state index contributed by atoms with van der Waals surface area (Å²) in [6, 6.07) is 2.27. The lowest BCUT2D eigenvalue weighted by Crippen LogP contribution is -2.14. The van der Waals surface area contributed by atoms with Gasteiger partial charge in [0.1, 0.15) is 15.4 Å². The Morgan fingerprint density at radius 1 is 1.64 bits per heavy atom. The molecule has 114 valence electrons. The molecule has 2 heterocycles. The normalized spacial score (nSPS) is 16.8. The lowest BCUT2D eigenvalue weighted by Gasteiger charge is -2.17. The minimum Gasteiger partial charge on any atom is -0.316 e. The molecular formula is C15H15N3OS3. The Hall–Kier alpha value is -1.36. The molecule has 7 heteroatoms. The molecule has 1 unspecified atom stereocenters. The number of thioether (sulfide) groups is 1. The van der Waals surface area contributed by atoms with Crippen molar-refractivity contribution in [1.82, 2.24) is 4.98 Å². The van der Waals surface area contributed by atoms with Crippen molar-refractivity contribution in [3.63, 3.8) is 0 Å². The number of nitriles is 1. The third-order valence-electron chi connectivity index (χ3n) is 3.61. The summed E-state index contributed by atoms with van der Waals surface area (Å²) in [4.78, 5) is 17.5. The SMILES string of the molecule is CC1CCc2c(sc(NC(=O)CSc3nccs3)c2C#N)C1. The van der Waals surface area contributed by atoms with Crippen LogP contribution in [0.2, 0.25) is 0 Å². The summed E-state index contributed by atoms with van der Waals surface area (Å²) in [7, 11) is 0. The molecule has 0 aromatic carbocycles. The zero-order valence-corrected chi connectivity index (χ0v) is 14.5. The smallest absolute Gasteiger partial charge is 0.235 e. The number of amides is 1. The number of rotatable bonds is 4. The average molecular weight is 350 g/mol. The highest BCUT2D eigenvalue weighted by molar-refractivity contribution is 8.01. The van der Waals surface area contributed by atoms with Crippen LogP contribution >= 0.6 is 34.4 Å². The number of thiophene rings is 1. The first-order chi connectivity index (χ1) is 10.7. The number of hydrogen-bond acceptors (Lipinski definition) is 6. The van der Waals surface area contributed by atoms with Gasteiger partial charge in [0.15, 0.2) is 0 Å². The van der Waals surface area contributed by atoms with Crippen LogP contribution in [0.4, 0.5) is 5.00 Å². The molecule has 3 rings (SSSR count). The van der Waals surface area contributed by atoms with Crippen LogP contribution in [0, 0.1) is 17.2 Å². The van der Waals surface area contributed by atoms with Crippen LogP contribution in [-0.2, 0) is 17.6 Å². The highest BCUT2D eigenvalue weighted by Crippen LogP contribution is 2.39. The van der Waals surface area contributed by atoms with Crippen molar-refractivity contribution >= 4 is 45.3 Å². The molecule has 1 aliphatic carbocycles. The molecule has 22 heavy (non-hydrogen) atoms. The fourth-order valence-corrected chi connectivity index (χ4v) is 5.34. The van der Waals surface area contributed by atoms with Crippen molar-refractivity contribution < 1.29 is 4.79 Å². The largest absolute Gasteiger partial charge is 0.316 e. The summed E-state index contributed by atoms with van der Waals surface area (Å²) in [5.74, 6) is 0.891. The Labute approximate surface area is 141 Å². The van der Waals surface area contributed by atoms with E-state index < -0.39 is 0 Å². The molecule has 0 spiro atoms. The molecule has 1 aliphatic rings. The van der Waals surface area contributed by atoms with Crippen LogP contribution in [0.25, 0.3) is 0 Å². The summed E-state index contributed by atoms with van der Waals surface area (Å²) in [6.45, 7) is 2.23. The van der Waals surface area contributed by atoms with E-state index in [4.69, 9.17) is 0 Å². The summed E-state index contributed by atoms with van der Waals surface area (Å²) in [5.41, 5.74) is 1.81. The monoisotopic (exact) mass is 349 g/mol. The van der Waals surface area contributed by atoms with Gasteiger partial charge in [-0.15, -0.1) is 22.7 Å². The molecule has 2 aromatic rings. The number of anilines is 1. The Morgan fingerprint density at radius 3 is 3.23 bits per heavy atom. The van der Waals surface area contributed by atoms with Gasteiger partial charge in [0, 0.05) is 16.5 Å². The minimum absolute atomic E-state index is 0.0802. The zero-order chi connectivity index (χ0) is 15.5. The van der Waals surface area contributed by atoms with Gasteiger partial charge in [-0.25, -0.2) is 4.98 Å². The van der Waals surface area contributed by atoms with E-state index in [0.717, 1.165) is 29.2 Å². The van der Waals surface area contributed by atoms with Gasteiger partial charge in [0.25, 0.3) is 0 Å². The number of carbonyl (C=O) groups excluding carboxylic acids is 1. The predicted molar refractivity (Wildman–Crippen MR) is 91.7 cm³/mol. The summed E-state index contributed by atoms with van der Waals surface area (Å²) in [5, 5.41) is 14.9. The molecule has 4 nitrogen and oxygen atoms in total. The van der Waals surface area contributed by atoms with Crippen LogP contribution in [0.1, 0.15) is 29.3 Å². The van der Waals surface area contributed by atoms with Gasteiger partial charge in [-0.05, 0) is 30.7 Å². The molecule has 0 saturated carbocycles. The predicted octanol–water partition coefficient (Wildman–Crippen LogP) is 3.93. The van der Waals surface area contributed by atoms with E-state index in [-0.39, 0.29) is 5.91 Å². The van der Waals surface area contributed by atoms with Crippen LogP contribution in [0.3, 0.4) is 0 Å². The first-order valence-electron chi connectivity index (χ1n) is 7.04. The second kappa shape index (κ2) is 6.82. The maximum absolute atomic E-state index is 12.1. The molecule has 0 saturated heterocycles. The zero-order valence-electron chi connectivity index (χ0n) is 12.1. The molecule has 0 fully saturated rings. The standard InChI is InChI=1S/C15H15N3OS3/c1-9-2-3-10-11(7-16)14(22-12(10)6-9)18-13(19)8-21-15-17-4-5-20-15/h4-5,9H,2-3,6,8H2,1H3,(H,18,19). The number of fused-ring (bicyclic) bond motifs is 1. The van der Waals surface area contributed by atoms with Gasteiger partial charge < -0.3 is 5.32 Å². The molecule has 0 aliphatic heterocycles. The van der Waals surface area contributed by atoms with Crippen molar-refractivity contribution in [3.8, 4) is 6.07 Å². The maximum atomic E-state index is 12.1. The van der Waals surface area contributed by atoms with Crippen molar-refractivity contribution in [3.05, 3.63) is 27.6 Å². The van der Waals surface area contributed by atoms with E-state index in [1.54, 1.807) is 17.5 Å². The highest BCUT2D eigenvalue weighted by Gasteiger charge is 2.24. The van der Waals surface area contributed by atoms with Crippen LogP contribution in [-0.4, -0.2) is 16.6 Å². The first kappa shape index (κ1) is 15.5. The summed E-state index contributed by atoms with van der Waals surface area (Å²) in [6.07, 6.45) is 4.80. The van der Waals surface area contributed by atoms with Gasteiger partial charge in [0.2, 0.25) is 5.91 Å². The molecule has 2 aromatic heterocycles. The van der Waals surface area contributed by atoms with Gasteiger partial charge in [-0.2, -0.15) is 5.26 Å². The fraction of sp³-hybridized carbons (Fsp3) is 0.400. The van der Waals surface area contributed by atoms with E-state index in [9.17, 15) is 10.1 Å². The lowest BCUT2D eigenvalue weighted by molar-refractivity contribution is -0.113. The molecular weight excluding hydrogens is 334 g/mol. The van der Waals surface area contributed by atoms with Crippen molar-refractivity contribution in [2.75, 3.05) is 11.1 Å². The first-order valence-corrected chi connectivity index (χ1v) is 9.72. The molecule has 1 N–H and O–H groups in total. The summed E-state index contributed by atoms with van der Waals surface area (Å²) >= 11 is 4.51. The van der Waals surface area contributed by atoms with Gasteiger partial charge in [-0.1, -0.05) is 18.7 Å². The Kier molecular flexibility index (Phi) is 4.81. The van der Waals surface area contributed by atoms with Crippen molar-refractivity contribution in [1.29, 1.82) is 5.26 Å². The number of aromatic nitrogens is 1. The lowest BCUT2D eigenvalue weighted by atomic mass is 9.89. The third-order valence-corrected chi connectivity index (χ3v) is 6.75. The number of thiazole rings is 1.